The van der Waals surface area contributed by atoms with E-state index in [1.807, 2.05) is 30.1 Å². The van der Waals surface area contributed by atoms with E-state index in [0.717, 1.165) is 23.4 Å². The summed E-state index contributed by atoms with van der Waals surface area (Å²) in [6.07, 6.45) is 5.58. The van der Waals surface area contributed by atoms with E-state index in [0.29, 0.717) is 11.7 Å². The van der Waals surface area contributed by atoms with Gasteiger partial charge in [-0.25, -0.2) is 4.98 Å². The summed E-state index contributed by atoms with van der Waals surface area (Å²) in [5.74, 6) is 0. The maximum atomic E-state index is 6.03. The predicted molar refractivity (Wildman–Crippen MR) is 69.2 cm³/mol. The maximum absolute atomic E-state index is 6.03. The van der Waals surface area contributed by atoms with E-state index in [9.17, 15) is 0 Å². The summed E-state index contributed by atoms with van der Waals surface area (Å²) in [5, 5.41) is 8.01. The SMILES string of the molecule is CCn1cc(CNc2c(C)ccnc2Cl)cn1. The van der Waals surface area contributed by atoms with Crippen LogP contribution in [-0.4, -0.2) is 14.8 Å². The van der Waals surface area contributed by atoms with E-state index in [4.69, 9.17) is 11.6 Å². The summed E-state index contributed by atoms with van der Waals surface area (Å²) >= 11 is 6.03. The molecule has 0 saturated heterocycles. The van der Waals surface area contributed by atoms with Crippen molar-refractivity contribution in [3.63, 3.8) is 0 Å². The first-order chi connectivity index (χ1) is 8.20. The van der Waals surface area contributed by atoms with Gasteiger partial charge in [-0.3, -0.25) is 4.68 Å². The van der Waals surface area contributed by atoms with Crippen molar-refractivity contribution in [3.8, 4) is 0 Å². The molecular weight excluding hydrogens is 236 g/mol. The van der Waals surface area contributed by atoms with Crippen LogP contribution in [0.2, 0.25) is 5.15 Å². The highest BCUT2D eigenvalue weighted by Crippen LogP contribution is 2.23. The number of halogens is 1. The second kappa shape index (κ2) is 5.19. The molecule has 1 N–H and O–H groups in total. The van der Waals surface area contributed by atoms with Gasteiger partial charge in [0, 0.05) is 31.0 Å². The minimum absolute atomic E-state index is 0.507. The highest BCUT2D eigenvalue weighted by molar-refractivity contribution is 6.32. The molecule has 0 saturated carbocycles. The third kappa shape index (κ3) is 2.77. The summed E-state index contributed by atoms with van der Waals surface area (Å²) in [6.45, 7) is 5.65. The second-order valence-electron chi connectivity index (χ2n) is 3.85. The predicted octanol–water partition coefficient (Wildman–Crippen LogP) is 2.87. The molecule has 0 bridgehead atoms. The van der Waals surface area contributed by atoms with Gasteiger partial charge in [0.1, 0.15) is 0 Å². The normalized spacial score (nSPS) is 10.5. The van der Waals surface area contributed by atoms with Gasteiger partial charge in [-0.2, -0.15) is 5.10 Å². The van der Waals surface area contributed by atoms with Gasteiger partial charge < -0.3 is 5.32 Å². The minimum atomic E-state index is 0.507. The standard InChI is InChI=1S/C12H15ClN4/c1-3-17-8-10(7-16-17)6-15-11-9(2)4-5-14-12(11)13/h4-5,7-8,15H,3,6H2,1-2H3. The Bertz CT molecular complexity index is 487. The number of anilines is 1. The molecule has 0 atom stereocenters. The number of aromatic nitrogens is 3. The Morgan fingerprint density at radius 3 is 2.94 bits per heavy atom. The fourth-order valence-electron chi connectivity index (χ4n) is 1.60. The van der Waals surface area contributed by atoms with Crippen LogP contribution in [0, 0.1) is 6.92 Å². The van der Waals surface area contributed by atoms with Crippen molar-refractivity contribution in [1.82, 2.24) is 14.8 Å². The van der Waals surface area contributed by atoms with Crippen LogP contribution >= 0.6 is 11.6 Å². The smallest absolute Gasteiger partial charge is 0.152 e. The summed E-state index contributed by atoms with van der Waals surface area (Å²) in [7, 11) is 0. The van der Waals surface area contributed by atoms with Gasteiger partial charge in [-0.15, -0.1) is 0 Å². The van der Waals surface area contributed by atoms with Gasteiger partial charge in [0.15, 0.2) is 5.15 Å². The molecule has 0 aromatic carbocycles. The molecule has 0 radical (unpaired) electrons. The number of hydrogen-bond donors (Lipinski definition) is 1. The molecule has 0 aliphatic carbocycles. The molecule has 0 aliphatic rings. The molecule has 4 nitrogen and oxygen atoms in total. The van der Waals surface area contributed by atoms with Crippen LogP contribution in [0.15, 0.2) is 24.7 Å². The Morgan fingerprint density at radius 1 is 1.47 bits per heavy atom. The van der Waals surface area contributed by atoms with E-state index in [-0.39, 0.29) is 0 Å². The molecule has 2 aromatic heterocycles. The van der Waals surface area contributed by atoms with E-state index in [1.54, 1.807) is 6.20 Å². The summed E-state index contributed by atoms with van der Waals surface area (Å²) < 4.78 is 1.90. The summed E-state index contributed by atoms with van der Waals surface area (Å²) in [4.78, 5) is 4.06. The number of nitrogens with one attached hydrogen (secondary N) is 1. The van der Waals surface area contributed by atoms with Crippen molar-refractivity contribution >= 4 is 17.3 Å². The molecule has 90 valence electrons. The summed E-state index contributed by atoms with van der Waals surface area (Å²) in [6, 6.07) is 1.93. The van der Waals surface area contributed by atoms with Crippen molar-refractivity contribution in [2.75, 3.05) is 5.32 Å². The van der Waals surface area contributed by atoms with E-state index in [1.165, 1.54) is 0 Å². The molecular formula is C12H15ClN4. The molecule has 17 heavy (non-hydrogen) atoms. The Balaban J connectivity index is 2.07. The van der Waals surface area contributed by atoms with Crippen LogP contribution in [-0.2, 0) is 13.1 Å². The number of hydrogen-bond acceptors (Lipinski definition) is 3. The van der Waals surface area contributed by atoms with Crippen molar-refractivity contribution < 1.29 is 0 Å². The highest BCUT2D eigenvalue weighted by atomic mass is 35.5. The average molecular weight is 251 g/mol. The first-order valence-corrected chi connectivity index (χ1v) is 5.94. The first-order valence-electron chi connectivity index (χ1n) is 5.57. The fraction of sp³-hybridized carbons (Fsp3) is 0.333. The number of nitrogens with zero attached hydrogens (tertiary/aromatic N) is 3. The second-order valence-corrected chi connectivity index (χ2v) is 4.21. The number of aryl methyl sites for hydroxylation is 2. The first kappa shape index (κ1) is 11.9. The van der Waals surface area contributed by atoms with E-state index >= 15 is 0 Å². The molecule has 2 rings (SSSR count). The van der Waals surface area contributed by atoms with Crippen LogP contribution < -0.4 is 5.32 Å². The highest BCUT2D eigenvalue weighted by Gasteiger charge is 2.05. The van der Waals surface area contributed by atoms with Crippen LogP contribution in [0.1, 0.15) is 18.1 Å². The minimum Gasteiger partial charge on any atom is -0.378 e. The van der Waals surface area contributed by atoms with Gasteiger partial charge in [0.05, 0.1) is 11.9 Å². The molecule has 5 heteroatoms. The number of pyridine rings is 1. The topological polar surface area (TPSA) is 42.7 Å². The largest absolute Gasteiger partial charge is 0.378 e. The molecule has 0 aliphatic heterocycles. The van der Waals surface area contributed by atoms with Gasteiger partial charge >= 0.3 is 0 Å². The zero-order valence-electron chi connectivity index (χ0n) is 9.94. The van der Waals surface area contributed by atoms with Crippen molar-refractivity contribution in [3.05, 3.63) is 40.9 Å². The van der Waals surface area contributed by atoms with Crippen LogP contribution in [0.5, 0.6) is 0 Å². The monoisotopic (exact) mass is 250 g/mol. The fourth-order valence-corrected chi connectivity index (χ4v) is 1.87. The average Bonchev–Trinajstić information content (AvgIpc) is 2.76. The summed E-state index contributed by atoms with van der Waals surface area (Å²) in [5.41, 5.74) is 3.11. The van der Waals surface area contributed by atoms with E-state index in [2.05, 4.69) is 22.3 Å². The lowest BCUT2D eigenvalue weighted by Gasteiger charge is -2.09. The van der Waals surface area contributed by atoms with Crippen LogP contribution in [0.3, 0.4) is 0 Å². The van der Waals surface area contributed by atoms with Crippen molar-refractivity contribution in [2.24, 2.45) is 0 Å². The Hall–Kier alpha value is -1.55. The molecule has 0 spiro atoms. The van der Waals surface area contributed by atoms with Gasteiger partial charge in [-0.1, -0.05) is 11.6 Å². The Labute approximate surface area is 106 Å². The Kier molecular flexibility index (Phi) is 3.64. The molecule has 0 fully saturated rings. The third-order valence-electron chi connectivity index (χ3n) is 2.59. The molecule has 2 heterocycles. The molecule has 0 amide bonds. The lowest BCUT2D eigenvalue weighted by molar-refractivity contribution is 0.659. The third-order valence-corrected chi connectivity index (χ3v) is 2.88. The molecule has 0 unspecified atom stereocenters. The van der Waals surface area contributed by atoms with Crippen molar-refractivity contribution in [1.29, 1.82) is 0 Å². The number of rotatable bonds is 4. The van der Waals surface area contributed by atoms with Gasteiger partial charge in [-0.05, 0) is 25.5 Å². The van der Waals surface area contributed by atoms with E-state index < -0.39 is 0 Å². The van der Waals surface area contributed by atoms with Crippen LogP contribution in [0.4, 0.5) is 5.69 Å². The lowest BCUT2D eigenvalue weighted by Crippen LogP contribution is -2.02. The van der Waals surface area contributed by atoms with Gasteiger partial charge in [0.25, 0.3) is 0 Å². The van der Waals surface area contributed by atoms with Crippen LogP contribution in [0.25, 0.3) is 0 Å². The molecule has 2 aromatic rings. The Morgan fingerprint density at radius 2 is 2.29 bits per heavy atom. The quantitative estimate of drug-likeness (QED) is 0.849. The van der Waals surface area contributed by atoms with Gasteiger partial charge in [0.2, 0.25) is 0 Å². The lowest BCUT2D eigenvalue weighted by atomic mass is 10.2. The van der Waals surface area contributed by atoms with Crippen molar-refractivity contribution in [2.45, 2.75) is 26.9 Å². The maximum Gasteiger partial charge on any atom is 0.152 e. The zero-order chi connectivity index (χ0) is 12.3. The zero-order valence-corrected chi connectivity index (χ0v) is 10.7.